The summed E-state index contributed by atoms with van der Waals surface area (Å²) in [4.78, 5) is 11.1. The van der Waals surface area contributed by atoms with E-state index in [-0.39, 0.29) is 0 Å². The Morgan fingerprint density at radius 1 is 1.22 bits per heavy atom. The molecule has 0 amide bonds. The molecule has 0 radical (unpaired) electrons. The Hall–Kier alpha value is -1.46. The molecule has 6 heteroatoms. The molecule has 2 aromatic heterocycles. The Morgan fingerprint density at radius 3 is 3.00 bits per heavy atom. The quantitative estimate of drug-likeness (QED) is 0.797. The van der Waals surface area contributed by atoms with Crippen molar-refractivity contribution in [2.24, 2.45) is 5.92 Å². The zero-order valence-corrected chi connectivity index (χ0v) is 13.9. The number of halogens is 1. The second-order valence-corrected chi connectivity index (χ2v) is 6.94. The summed E-state index contributed by atoms with van der Waals surface area (Å²) in [7, 11) is 0. The van der Waals surface area contributed by atoms with E-state index in [2.05, 4.69) is 20.0 Å². The van der Waals surface area contributed by atoms with Crippen molar-refractivity contribution in [1.82, 2.24) is 20.0 Å². The molecule has 2 atom stereocenters. The van der Waals surface area contributed by atoms with E-state index in [9.17, 15) is 0 Å². The maximum Gasteiger partial charge on any atom is 0.241 e. The van der Waals surface area contributed by atoms with E-state index in [1.54, 1.807) is 6.20 Å². The first-order valence-corrected chi connectivity index (χ1v) is 8.86. The summed E-state index contributed by atoms with van der Waals surface area (Å²) in [5, 5.41) is 4.49. The Bertz CT molecular complexity index is 672. The summed E-state index contributed by atoms with van der Waals surface area (Å²) in [6.45, 7) is 1.87. The lowest BCUT2D eigenvalue weighted by Crippen LogP contribution is -2.46. The van der Waals surface area contributed by atoms with E-state index in [1.807, 2.05) is 12.1 Å². The van der Waals surface area contributed by atoms with E-state index in [0.717, 1.165) is 24.6 Å². The molecule has 1 saturated heterocycles. The Morgan fingerprint density at radius 2 is 2.09 bits per heavy atom. The molecule has 122 valence electrons. The molecule has 23 heavy (non-hydrogen) atoms. The zero-order valence-electron chi connectivity index (χ0n) is 13.1. The minimum Gasteiger partial charge on any atom is -0.338 e. The van der Waals surface area contributed by atoms with Crippen molar-refractivity contribution < 1.29 is 4.52 Å². The van der Waals surface area contributed by atoms with E-state index in [4.69, 9.17) is 16.1 Å². The third-order valence-corrected chi connectivity index (χ3v) is 5.47. The number of hydrogen-bond acceptors (Lipinski definition) is 5. The van der Waals surface area contributed by atoms with Crippen molar-refractivity contribution >= 4 is 11.6 Å². The number of likely N-dealkylation sites (tertiary alicyclic amines) is 1. The molecule has 2 aliphatic rings. The lowest BCUT2D eigenvalue weighted by atomic mass is 9.78. The molecular formula is C17H21ClN4O. The van der Waals surface area contributed by atoms with Gasteiger partial charge in [0, 0.05) is 12.2 Å². The van der Waals surface area contributed by atoms with Gasteiger partial charge in [-0.15, -0.1) is 0 Å². The molecule has 2 aromatic rings. The fraction of sp³-hybridized carbons (Fsp3) is 0.588. The first kappa shape index (κ1) is 15.1. The molecule has 1 saturated carbocycles. The monoisotopic (exact) mass is 332 g/mol. The van der Waals surface area contributed by atoms with Crippen LogP contribution in [0.2, 0.25) is 5.15 Å². The van der Waals surface area contributed by atoms with Crippen LogP contribution in [0.25, 0.3) is 11.4 Å². The van der Waals surface area contributed by atoms with Gasteiger partial charge in [-0.1, -0.05) is 29.6 Å². The van der Waals surface area contributed by atoms with Crippen molar-refractivity contribution in [3.63, 3.8) is 0 Å². The highest BCUT2D eigenvalue weighted by molar-refractivity contribution is 6.31. The average molecular weight is 333 g/mol. The van der Waals surface area contributed by atoms with Gasteiger partial charge in [0.25, 0.3) is 0 Å². The van der Waals surface area contributed by atoms with Crippen LogP contribution in [0.15, 0.2) is 22.9 Å². The smallest absolute Gasteiger partial charge is 0.241 e. The molecule has 0 spiro atoms. The minimum absolute atomic E-state index is 0.408. The molecule has 5 nitrogen and oxygen atoms in total. The van der Waals surface area contributed by atoms with Crippen LogP contribution in [-0.4, -0.2) is 32.6 Å². The van der Waals surface area contributed by atoms with Gasteiger partial charge >= 0.3 is 0 Å². The Balaban J connectivity index is 1.50. The van der Waals surface area contributed by atoms with Crippen molar-refractivity contribution in [2.75, 3.05) is 6.54 Å². The number of rotatable bonds is 3. The van der Waals surface area contributed by atoms with Gasteiger partial charge in [-0.05, 0) is 50.3 Å². The molecule has 3 heterocycles. The van der Waals surface area contributed by atoms with Crippen LogP contribution in [0.5, 0.6) is 0 Å². The van der Waals surface area contributed by atoms with Crippen LogP contribution in [-0.2, 0) is 6.54 Å². The third kappa shape index (κ3) is 3.12. The third-order valence-electron chi connectivity index (χ3n) is 5.16. The van der Waals surface area contributed by atoms with Crippen molar-refractivity contribution in [3.8, 4) is 11.4 Å². The predicted molar refractivity (Wildman–Crippen MR) is 87.9 cm³/mol. The molecule has 4 rings (SSSR count). The number of aromatic nitrogens is 3. The first-order valence-electron chi connectivity index (χ1n) is 8.49. The summed E-state index contributed by atoms with van der Waals surface area (Å²) in [5.41, 5.74) is 0.721. The number of hydrogen-bond donors (Lipinski definition) is 0. The fourth-order valence-corrected chi connectivity index (χ4v) is 4.28. The predicted octanol–water partition coefficient (Wildman–Crippen LogP) is 3.94. The molecule has 2 fully saturated rings. The standard InChI is InChI=1S/C17H21ClN4O/c18-16-13(7-3-9-19-16)17-20-15(23-21-17)11-22-10-4-6-12-5-1-2-8-14(12)22/h3,7,9,12,14H,1-2,4-6,8,10-11H2/t12-,14-/m1/s1. The SMILES string of the molecule is Clc1ncccc1-c1noc(CN2CCC[C@H]3CCCC[C@H]32)n1. The molecule has 1 aliphatic carbocycles. The zero-order chi connectivity index (χ0) is 15.6. The number of fused-ring (bicyclic) bond motifs is 1. The highest BCUT2D eigenvalue weighted by Gasteiger charge is 2.33. The van der Waals surface area contributed by atoms with Crippen molar-refractivity contribution in [3.05, 3.63) is 29.4 Å². The van der Waals surface area contributed by atoms with Crippen LogP contribution in [0.1, 0.15) is 44.4 Å². The van der Waals surface area contributed by atoms with Crippen LogP contribution in [0.3, 0.4) is 0 Å². The first-order chi connectivity index (χ1) is 11.3. The van der Waals surface area contributed by atoms with E-state index in [1.165, 1.54) is 38.5 Å². The van der Waals surface area contributed by atoms with Gasteiger partial charge < -0.3 is 4.52 Å². The second kappa shape index (κ2) is 6.57. The summed E-state index contributed by atoms with van der Waals surface area (Å²) in [6.07, 6.45) is 9.72. The number of nitrogens with zero attached hydrogens (tertiary/aromatic N) is 4. The fourth-order valence-electron chi connectivity index (χ4n) is 4.08. The van der Waals surface area contributed by atoms with Gasteiger partial charge in [0.05, 0.1) is 12.1 Å². The molecule has 0 unspecified atom stereocenters. The lowest BCUT2D eigenvalue weighted by molar-refractivity contribution is 0.0466. The lowest BCUT2D eigenvalue weighted by Gasteiger charge is -2.43. The maximum atomic E-state index is 6.11. The minimum atomic E-state index is 0.408. The number of piperidine rings is 1. The van der Waals surface area contributed by atoms with Crippen LogP contribution >= 0.6 is 11.6 Å². The van der Waals surface area contributed by atoms with E-state index < -0.39 is 0 Å². The van der Waals surface area contributed by atoms with E-state index in [0.29, 0.717) is 22.9 Å². The highest BCUT2D eigenvalue weighted by atomic mass is 35.5. The normalized spacial score (nSPS) is 25.3. The Labute approximate surface area is 141 Å². The van der Waals surface area contributed by atoms with Gasteiger partial charge in [0.15, 0.2) is 0 Å². The van der Waals surface area contributed by atoms with Crippen LogP contribution in [0, 0.1) is 5.92 Å². The van der Waals surface area contributed by atoms with Crippen molar-refractivity contribution in [1.29, 1.82) is 0 Å². The van der Waals surface area contributed by atoms with Crippen LogP contribution < -0.4 is 0 Å². The largest absolute Gasteiger partial charge is 0.338 e. The number of pyridine rings is 1. The molecule has 1 aliphatic heterocycles. The summed E-state index contributed by atoms with van der Waals surface area (Å²) in [5.74, 6) is 2.05. The van der Waals surface area contributed by atoms with Crippen molar-refractivity contribution in [2.45, 2.75) is 51.1 Å². The van der Waals surface area contributed by atoms with E-state index >= 15 is 0 Å². The second-order valence-electron chi connectivity index (χ2n) is 6.58. The average Bonchev–Trinajstić information content (AvgIpc) is 3.04. The Kier molecular flexibility index (Phi) is 4.31. The summed E-state index contributed by atoms with van der Waals surface area (Å²) < 4.78 is 5.47. The van der Waals surface area contributed by atoms with Crippen LogP contribution in [0.4, 0.5) is 0 Å². The molecular weight excluding hydrogens is 312 g/mol. The van der Waals surface area contributed by atoms with Gasteiger partial charge in [-0.3, -0.25) is 4.90 Å². The maximum absolute atomic E-state index is 6.11. The van der Waals surface area contributed by atoms with Gasteiger partial charge in [0.2, 0.25) is 11.7 Å². The highest BCUT2D eigenvalue weighted by Crippen LogP contribution is 2.36. The van der Waals surface area contributed by atoms with Gasteiger partial charge in [0.1, 0.15) is 5.15 Å². The molecule has 0 bridgehead atoms. The van der Waals surface area contributed by atoms with Gasteiger partial charge in [-0.2, -0.15) is 4.98 Å². The summed E-state index contributed by atoms with van der Waals surface area (Å²) in [6, 6.07) is 4.38. The van der Waals surface area contributed by atoms with Gasteiger partial charge in [-0.25, -0.2) is 4.98 Å². The molecule has 0 N–H and O–H groups in total. The topological polar surface area (TPSA) is 55.1 Å². The molecule has 0 aromatic carbocycles. The summed E-state index contributed by atoms with van der Waals surface area (Å²) >= 11 is 6.11.